The van der Waals surface area contributed by atoms with Crippen LogP contribution in [0.25, 0.3) is 11.3 Å². The summed E-state index contributed by atoms with van der Waals surface area (Å²) < 4.78 is 0. The van der Waals surface area contributed by atoms with E-state index in [9.17, 15) is 9.59 Å². The van der Waals surface area contributed by atoms with Gasteiger partial charge in [-0.2, -0.15) is 0 Å². The second-order valence-corrected chi connectivity index (χ2v) is 9.72. The summed E-state index contributed by atoms with van der Waals surface area (Å²) in [5.41, 5.74) is 4.70. The van der Waals surface area contributed by atoms with Gasteiger partial charge in [0.15, 0.2) is 0 Å². The maximum Gasteiger partial charge on any atom is 0.303 e. The van der Waals surface area contributed by atoms with Gasteiger partial charge in [0.2, 0.25) is 0 Å². The molecule has 0 atom stereocenters. The van der Waals surface area contributed by atoms with Crippen molar-refractivity contribution in [2.24, 2.45) is 0 Å². The van der Waals surface area contributed by atoms with Gasteiger partial charge in [0, 0.05) is 27.7 Å². The molecule has 2 heterocycles. The number of thiophene rings is 1. The molecule has 1 aliphatic heterocycles. The topological polar surface area (TPSA) is 81.7 Å². The van der Waals surface area contributed by atoms with Crippen LogP contribution in [0.4, 0.5) is 11.4 Å². The second kappa shape index (κ2) is 9.79. The molecule has 1 aromatic heterocycles. The summed E-state index contributed by atoms with van der Waals surface area (Å²) in [4.78, 5) is 27.9. The maximum absolute atomic E-state index is 13.0. The minimum absolute atomic E-state index is 0.0639. The number of halogens is 1. The van der Waals surface area contributed by atoms with Gasteiger partial charge in [-0.1, -0.05) is 29.8 Å². The number of carbonyl (C=O) groups excluding carboxylic acids is 1. The molecule has 6 nitrogen and oxygen atoms in total. The molecule has 0 saturated carbocycles. The van der Waals surface area contributed by atoms with Gasteiger partial charge in [0.05, 0.1) is 28.3 Å². The average molecular weight is 482 g/mol. The summed E-state index contributed by atoms with van der Waals surface area (Å²) in [6.45, 7) is 0.836. The molecule has 33 heavy (non-hydrogen) atoms. The number of nitrogens with one attached hydrogen (secondary N) is 2. The lowest BCUT2D eigenvalue weighted by Crippen LogP contribution is -2.11. The Hall–Kier alpha value is -3.13. The highest BCUT2D eigenvalue weighted by Crippen LogP contribution is 2.40. The van der Waals surface area contributed by atoms with Crippen molar-refractivity contribution in [2.75, 3.05) is 24.7 Å². The van der Waals surface area contributed by atoms with Crippen LogP contribution in [0.1, 0.15) is 27.3 Å². The minimum atomic E-state index is -0.833. The molecule has 8 heteroatoms. The second-order valence-electron chi connectivity index (χ2n) is 8.11. The number of rotatable bonds is 8. The predicted octanol–water partition coefficient (Wildman–Crippen LogP) is 5.41. The zero-order valence-corrected chi connectivity index (χ0v) is 19.9. The minimum Gasteiger partial charge on any atom is -0.481 e. The largest absolute Gasteiger partial charge is 0.481 e. The van der Waals surface area contributed by atoms with E-state index < -0.39 is 5.97 Å². The maximum atomic E-state index is 13.0. The summed E-state index contributed by atoms with van der Waals surface area (Å²) in [5, 5.41) is 15.9. The van der Waals surface area contributed by atoms with E-state index in [0.29, 0.717) is 28.4 Å². The molecule has 2 aromatic carbocycles. The summed E-state index contributed by atoms with van der Waals surface area (Å²) >= 11 is 7.61. The van der Waals surface area contributed by atoms with Crippen molar-refractivity contribution in [3.05, 3.63) is 80.5 Å². The summed E-state index contributed by atoms with van der Waals surface area (Å²) in [7, 11) is 4.05. The van der Waals surface area contributed by atoms with Crippen LogP contribution in [0.15, 0.2) is 54.6 Å². The Labute approximate surface area is 201 Å². The Kier molecular flexibility index (Phi) is 6.83. The molecule has 1 aliphatic rings. The molecule has 0 fully saturated rings. The molecule has 3 N–H and O–H groups in total. The molecular weight excluding hydrogens is 458 g/mol. The number of anilines is 2. The van der Waals surface area contributed by atoms with Crippen LogP contribution in [0.5, 0.6) is 0 Å². The highest BCUT2D eigenvalue weighted by atomic mass is 35.5. The van der Waals surface area contributed by atoms with E-state index in [1.807, 2.05) is 44.4 Å². The molecule has 0 saturated heterocycles. The average Bonchev–Trinajstić information content (AvgIpc) is 3.35. The number of carboxylic acids is 1. The lowest BCUT2D eigenvalue weighted by atomic mass is 10.0. The van der Waals surface area contributed by atoms with Crippen LogP contribution in [-0.2, 0) is 22.6 Å². The molecule has 3 aromatic rings. The number of nitrogens with zero attached hydrogens (tertiary/aromatic N) is 1. The van der Waals surface area contributed by atoms with Gasteiger partial charge < -0.3 is 20.6 Å². The third-order valence-electron chi connectivity index (χ3n) is 5.19. The van der Waals surface area contributed by atoms with Crippen molar-refractivity contribution in [1.29, 1.82) is 0 Å². The van der Waals surface area contributed by atoms with E-state index in [4.69, 9.17) is 16.7 Å². The quantitative estimate of drug-likeness (QED) is 0.374. The van der Waals surface area contributed by atoms with Crippen LogP contribution in [0.2, 0.25) is 5.02 Å². The van der Waals surface area contributed by atoms with Gasteiger partial charge in [-0.05, 0) is 62.5 Å². The van der Waals surface area contributed by atoms with E-state index in [1.54, 1.807) is 12.1 Å². The van der Waals surface area contributed by atoms with Gasteiger partial charge in [0.1, 0.15) is 0 Å². The Bertz CT molecular complexity index is 1230. The fourth-order valence-electron chi connectivity index (χ4n) is 3.72. The number of aryl methyl sites for hydroxylation is 1. The number of aliphatic carboxylic acids is 1. The number of carbonyl (C=O) groups is 2. The summed E-state index contributed by atoms with van der Waals surface area (Å²) in [6.07, 6.45) is 0.509. The number of fused-ring (bicyclic) bond motifs is 1. The van der Waals surface area contributed by atoms with E-state index >= 15 is 0 Å². The third kappa shape index (κ3) is 5.45. The molecule has 0 radical (unpaired) electrons. The fraction of sp³-hybridized carbons (Fsp3) is 0.200. The fourth-order valence-corrected chi connectivity index (χ4v) is 4.91. The van der Waals surface area contributed by atoms with Crippen molar-refractivity contribution < 1.29 is 14.7 Å². The first-order chi connectivity index (χ1) is 15.8. The van der Waals surface area contributed by atoms with E-state index in [1.165, 1.54) is 16.9 Å². The summed E-state index contributed by atoms with van der Waals surface area (Å²) in [6, 6.07) is 17.3. The molecule has 0 aliphatic carbocycles. The number of benzene rings is 2. The number of hydrogen-bond donors (Lipinski definition) is 3. The highest BCUT2D eigenvalue weighted by molar-refractivity contribution is 7.13. The molecule has 0 spiro atoms. The molecule has 170 valence electrons. The van der Waals surface area contributed by atoms with Gasteiger partial charge in [-0.15, -0.1) is 11.3 Å². The van der Waals surface area contributed by atoms with Crippen molar-refractivity contribution in [3.8, 4) is 0 Å². The van der Waals surface area contributed by atoms with Gasteiger partial charge in [-0.25, -0.2) is 0 Å². The molecule has 1 amide bonds. The Balaban J connectivity index is 1.75. The number of carboxylic acid groups (broad SMARTS) is 1. The predicted molar refractivity (Wildman–Crippen MR) is 135 cm³/mol. The van der Waals surface area contributed by atoms with Crippen molar-refractivity contribution in [1.82, 2.24) is 4.90 Å². The monoisotopic (exact) mass is 481 g/mol. The number of hydrogen-bond acceptors (Lipinski definition) is 5. The van der Waals surface area contributed by atoms with E-state index in [2.05, 4.69) is 27.7 Å². The van der Waals surface area contributed by atoms with E-state index in [0.717, 1.165) is 27.5 Å². The van der Waals surface area contributed by atoms with Crippen molar-refractivity contribution in [2.45, 2.75) is 19.4 Å². The van der Waals surface area contributed by atoms with E-state index in [-0.39, 0.29) is 12.3 Å². The smallest absolute Gasteiger partial charge is 0.303 e. The summed E-state index contributed by atoms with van der Waals surface area (Å²) in [5.74, 6) is -1.04. The van der Waals surface area contributed by atoms with Gasteiger partial charge >= 0.3 is 5.97 Å². The zero-order valence-electron chi connectivity index (χ0n) is 18.3. The van der Waals surface area contributed by atoms with Crippen molar-refractivity contribution in [3.63, 3.8) is 0 Å². The molecule has 0 bridgehead atoms. The first kappa shape index (κ1) is 23.0. The Morgan fingerprint density at radius 3 is 2.58 bits per heavy atom. The molecule has 0 unspecified atom stereocenters. The van der Waals surface area contributed by atoms with Crippen LogP contribution < -0.4 is 10.6 Å². The van der Waals surface area contributed by atoms with Gasteiger partial charge in [0.25, 0.3) is 5.91 Å². The van der Waals surface area contributed by atoms with Crippen LogP contribution in [-0.4, -0.2) is 36.0 Å². The SMILES string of the molecule is CN(C)Cc1ccc(N/C(=C2\C(=O)Nc3cc(Cl)ccc32)c2ccc(CCC(=O)O)s2)cc1. The van der Waals surface area contributed by atoms with Crippen molar-refractivity contribution >= 4 is 57.5 Å². The van der Waals surface area contributed by atoms with Gasteiger partial charge in [-0.3, -0.25) is 9.59 Å². The first-order valence-electron chi connectivity index (χ1n) is 10.5. The first-order valence-corrected chi connectivity index (χ1v) is 11.7. The molecule has 4 rings (SSSR count). The Morgan fingerprint density at radius 2 is 1.88 bits per heavy atom. The van der Waals surface area contributed by atoms with Crippen LogP contribution in [0, 0.1) is 0 Å². The standard InChI is InChI=1S/C25H24ClN3O3S/c1-29(2)14-15-3-6-17(7-4-15)27-24(21-11-8-18(33-21)9-12-22(30)31)23-19-10-5-16(26)13-20(19)28-25(23)32/h3-8,10-11,13,27H,9,12,14H2,1-2H3,(H,28,32)(H,30,31)/b24-23-. The zero-order chi connectivity index (χ0) is 23.5. The van der Waals surface area contributed by atoms with Crippen LogP contribution >= 0.6 is 22.9 Å². The van der Waals surface area contributed by atoms with Crippen LogP contribution in [0.3, 0.4) is 0 Å². The number of amides is 1. The third-order valence-corrected chi connectivity index (χ3v) is 6.59. The normalized spacial score (nSPS) is 14.2. The molecular formula is C25H24ClN3O3S. The lowest BCUT2D eigenvalue weighted by Gasteiger charge is -2.14. The Morgan fingerprint density at radius 1 is 1.12 bits per heavy atom. The lowest BCUT2D eigenvalue weighted by molar-refractivity contribution is -0.136. The highest BCUT2D eigenvalue weighted by Gasteiger charge is 2.29.